The zero-order chi connectivity index (χ0) is 20.4. The Morgan fingerprint density at radius 1 is 0.897 bits per heavy atom. The summed E-state index contributed by atoms with van der Waals surface area (Å²) in [4.78, 5) is 5.35. The molecule has 0 fully saturated rings. The van der Waals surface area contributed by atoms with Gasteiger partial charge in [-0.2, -0.15) is 10.2 Å². The molecule has 0 aliphatic rings. The molecule has 0 unspecified atom stereocenters. The highest BCUT2D eigenvalue weighted by Crippen LogP contribution is 2.33. The number of benzene rings is 2. The van der Waals surface area contributed by atoms with Crippen LogP contribution in [-0.2, 0) is 5.41 Å². The molecule has 2 aromatic carbocycles. The number of halogens is 1. The Hall–Kier alpha value is -3.54. The van der Waals surface area contributed by atoms with Gasteiger partial charge in [-0.15, -0.1) is 4.80 Å². The van der Waals surface area contributed by atoms with Crippen LogP contribution in [0.2, 0.25) is 0 Å². The Morgan fingerprint density at radius 3 is 2.07 bits per heavy atom. The second kappa shape index (κ2) is 7.47. The molecular formula is C23H21FN4O. The van der Waals surface area contributed by atoms with E-state index in [1.807, 2.05) is 24.3 Å². The Balaban J connectivity index is 1.53. The Labute approximate surface area is 168 Å². The molecule has 2 heterocycles. The Morgan fingerprint density at radius 2 is 1.48 bits per heavy atom. The molecule has 2 aromatic heterocycles. The van der Waals surface area contributed by atoms with E-state index in [0.717, 1.165) is 5.56 Å². The third-order valence-corrected chi connectivity index (χ3v) is 5.01. The van der Waals surface area contributed by atoms with Crippen LogP contribution in [0.25, 0.3) is 5.69 Å². The number of nitrogens with zero attached hydrogens (tertiary/aromatic N) is 4. The second-order valence-electron chi connectivity index (χ2n) is 7.42. The van der Waals surface area contributed by atoms with Crippen molar-refractivity contribution in [1.82, 2.24) is 20.0 Å². The standard InChI is InChI=1S/C23H21FN4O/c1-16-4-6-17(7-5-16)23(2,3)18-8-10-20(11-9-18)29-22-21(24)14-19(15-25-22)28-26-12-13-27-28/h4-15H,1-3H3. The lowest BCUT2D eigenvalue weighted by molar-refractivity contribution is 0.421. The highest BCUT2D eigenvalue weighted by Gasteiger charge is 2.23. The van der Waals surface area contributed by atoms with Gasteiger partial charge in [-0.1, -0.05) is 55.8 Å². The van der Waals surface area contributed by atoms with Crippen molar-refractivity contribution in [2.75, 3.05) is 0 Å². The van der Waals surface area contributed by atoms with Gasteiger partial charge in [-0.05, 0) is 30.2 Å². The molecular weight excluding hydrogens is 367 g/mol. The van der Waals surface area contributed by atoms with E-state index in [0.29, 0.717) is 11.4 Å². The van der Waals surface area contributed by atoms with E-state index in [9.17, 15) is 4.39 Å². The van der Waals surface area contributed by atoms with Crippen LogP contribution < -0.4 is 4.74 Å². The Bertz CT molecular complexity index is 1100. The third kappa shape index (κ3) is 3.87. The molecule has 4 rings (SSSR count). The van der Waals surface area contributed by atoms with Gasteiger partial charge >= 0.3 is 0 Å². The van der Waals surface area contributed by atoms with Crippen molar-refractivity contribution < 1.29 is 9.13 Å². The number of hydrogen-bond acceptors (Lipinski definition) is 4. The van der Waals surface area contributed by atoms with Gasteiger partial charge in [0.25, 0.3) is 5.88 Å². The molecule has 146 valence electrons. The van der Waals surface area contributed by atoms with E-state index in [1.165, 1.54) is 40.6 Å². The first-order valence-corrected chi connectivity index (χ1v) is 9.31. The molecule has 0 spiro atoms. The summed E-state index contributed by atoms with van der Waals surface area (Å²) < 4.78 is 20.0. The smallest absolute Gasteiger partial charge is 0.256 e. The minimum atomic E-state index is -0.580. The summed E-state index contributed by atoms with van der Waals surface area (Å²) in [6.45, 7) is 6.43. The van der Waals surface area contributed by atoms with Gasteiger partial charge in [-0.25, -0.2) is 9.37 Å². The van der Waals surface area contributed by atoms with Gasteiger partial charge in [0.1, 0.15) is 11.4 Å². The average molecular weight is 388 g/mol. The van der Waals surface area contributed by atoms with Crippen LogP contribution in [0.15, 0.2) is 73.2 Å². The van der Waals surface area contributed by atoms with Crippen molar-refractivity contribution in [3.05, 3.63) is 95.7 Å². The summed E-state index contributed by atoms with van der Waals surface area (Å²) in [6.07, 6.45) is 4.50. The summed E-state index contributed by atoms with van der Waals surface area (Å²) in [5.41, 5.74) is 3.87. The van der Waals surface area contributed by atoms with Gasteiger partial charge in [-0.3, -0.25) is 0 Å². The number of ether oxygens (including phenoxy) is 1. The molecule has 5 nitrogen and oxygen atoms in total. The summed E-state index contributed by atoms with van der Waals surface area (Å²) >= 11 is 0. The average Bonchev–Trinajstić information content (AvgIpc) is 3.25. The fraction of sp³-hybridized carbons (Fsp3) is 0.174. The van der Waals surface area contributed by atoms with Gasteiger partial charge < -0.3 is 4.74 Å². The SMILES string of the molecule is Cc1ccc(C(C)(C)c2ccc(Oc3ncc(-n4nccn4)cc3F)cc2)cc1. The lowest BCUT2D eigenvalue weighted by Crippen LogP contribution is -2.18. The van der Waals surface area contributed by atoms with E-state index in [1.54, 1.807) is 0 Å². The first kappa shape index (κ1) is 18.8. The monoisotopic (exact) mass is 388 g/mol. The molecule has 6 heteroatoms. The normalized spacial score (nSPS) is 11.4. The molecule has 29 heavy (non-hydrogen) atoms. The molecule has 0 saturated carbocycles. The molecule has 4 aromatic rings. The van der Waals surface area contributed by atoms with Gasteiger partial charge in [0, 0.05) is 11.5 Å². The van der Waals surface area contributed by atoms with Crippen LogP contribution in [0, 0.1) is 12.7 Å². The van der Waals surface area contributed by atoms with E-state index < -0.39 is 5.82 Å². The van der Waals surface area contributed by atoms with Crippen LogP contribution in [0.5, 0.6) is 11.6 Å². The van der Waals surface area contributed by atoms with Crippen LogP contribution >= 0.6 is 0 Å². The molecule has 0 bridgehead atoms. The number of aryl methyl sites for hydroxylation is 1. The number of rotatable bonds is 5. The van der Waals surface area contributed by atoms with Crippen molar-refractivity contribution in [3.63, 3.8) is 0 Å². The zero-order valence-corrected chi connectivity index (χ0v) is 16.5. The topological polar surface area (TPSA) is 52.8 Å². The van der Waals surface area contributed by atoms with Gasteiger partial charge in [0.2, 0.25) is 0 Å². The van der Waals surface area contributed by atoms with E-state index in [4.69, 9.17) is 4.74 Å². The van der Waals surface area contributed by atoms with Crippen LogP contribution in [0.3, 0.4) is 0 Å². The summed E-state index contributed by atoms with van der Waals surface area (Å²) in [7, 11) is 0. The summed E-state index contributed by atoms with van der Waals surface area (Å²) in [5.74, 6) is -0.153. The van der Waals surface area contributed by atoms with E-state index >= 15 is 0 Å². The van der Waals surface area contributed by atoms with Gasteiger partial charge in [0.15, 0.2) is 5.82 Å². The van der Waals surface area contributed by atoms with Crippen molar-refractivity contribution in [2.45, 2.75) is 26.2 Å². The predicted octanol–water partition coefficient (Wildman–Crippen LogP) is 5.23. The summed E-state index contributed by atoms with van der Waals surface area (Å²) in [6, 6.07) is 17.5. The lowest BCUT2D eigenvalue weighted by atomic mass is 9.78. The molecule has 0 saturated heterocycles. The van der Waals surface area contributed by atoms with Crippen LogP contribution in [-0.4, -0.2) is 20.0 Å². The molecule has 0 radical (unpaired) electrons. The molecule has 0 amide bonds. The van der Waals surface area contributed by atoms with Crippen LogP contribution in [0.4, 0.5) is 4.39 Å². The number of aromatic nitrogens is 4. The second-order valence-corrected chi connectivity index (χ2v) is 7.42. The van der Waals surface area contributed by atoms with E-state index in [-0.39, 0.29) is 11.3 Å². The van der Waals surface area contributed by atoms with Crippen molar-refractivity contribution in [1.29, 1.82) is 0 Å². The van der Waals surface area contributed by atoms with Gasteiger partial charge in [0.05, 0.1) is 18.6 Å². The van der Waals surface area contributed by atoms with Crippen molar-refractivity contribution >= 4 is 0 Å². The maximum absolute atomic E-state index is 14.4. The minimum absolute atomic E-state index is 0.0912. The van der Waals surface area contributed by atoms with Crippen LogP contribution in [0.1, 0.15) is 30.5 Å². The Kier molecular flexibility index (Phi) is 4.84. The zero-order valence-electron chi connectivity index (χ0n) is 16.5. The van der Waals surface area contributed by atoms with Crippen molar-refractivity contribution in [3.8, 4) is 17.3 Å². The van der Waals surface area contributed by atoms with E-state index in [2.05, 4.69) is 60.2 Å². The number of hydrogen-bond donors (Lipinski definition) is 0. The predicted molar refractivity (Wildman–Crippen MR) is 109 cm³/mol. The highest BCUT2D eigenvalue weighted by molar-refractivity contribution is 5.41. The molecule has 0 aliphatic carbocycles. The largest absolute Gasteiger partial charge is 0.436 e. The maximum atomic E-state index is 14.4. The van der Waals surface area contributed by atoms with Crippen molar-refractivity contribution in [2.24, 2.45) is 0 Å². The first-order chi connectivity index (χ1) is 13.9. The molecule has 0 N–H and O–H groups in total. The number of pyridine rings is 1. The fourth-order valence-electron chi connectivity index (χ4n) is 3.14. The third-order valence-electron chi connectivity index (χ3n) is 5.01. The minimum Gasteiger partial charge on any atom is -0.436 e. The maximum Gasteiger partial charge on any atom is 0.256 e. The highest BCUT2D eigenvalue weighted by atomic mass is 19.1. The summed E-state index contributed by atoms with van der Waals surface area (Å²) in [5, 5.41) is 7.92. The molecule has 0 aliphatic heterocycles. The lowest BCUT2D eigenvalue weighted by Gasteiger charge is -2.26. The quantitative estimate of drug-likeness (QED) is 0.470. The molecule has 0 atom stereocenters. The fourth-order valence-corrected chi connectivity index (χ4v) is 3.14. The first-order valence-electron chi connectivity index (χ1n) is 9.31.